The molecule has 0 saturated heterocycles. The lowest BCUT2D eigenvalue weighted by Crippen LogP contribution is -2.08. The van der Waals surface area contributed by atoms with E-state index in [4.69, 9.17) is 0 Å². The standard InChI is InChI=1S/C16H14N2OS2/c1-10(19)11(2)21-16-14-13(12-6-4-3-5-7-12)8-20-15(14)17-9-18-16/h3-9,11H,1-2H3/t11-/m0/s1. The number of thioether (sulfide) groups is 1. The molecule has 5 heteroatoms. The Morgan fingerprint density at radius 2 is 2.00 bits per heavy atom. The monoisotopic (exact) mass is 314 g/mol. The predicted octanol–water partition coefficient (Wildman–Crippen LogP) is 4.43. The minimum atomic E-state index is -0.105. The first kappa shape index (κ1) is 14.2. The third kappa shape index (κ3) is 2.84. The van der Waals surface area contributed by atoms with Crippen LogP contribution in [0, 0.1) is 0 Å². The Balaban J connectivity index is 2.13. The quantitative estimate of drug-likeness (QED) is 0.528. The molecule has 106 valence electrons. The molecule has 0 aliphatic heterocycles. The molecule has 2 heterocycles. The number of nitrogens with zero attached hydrogens (tertiary/aromatic N) is 2. The molecule has 0 amide bonds. The lowest BCUT2D eigenvalue weighted by Gasteiger charge is -2.08. The van der Waals surface area contributed by atoms with Crippen LogP contribution in [0.3, 0.4) is 0 Å². The van der Waals surface area contributed by atoms with Gasteiger partial charge < -0.3 is 0 Å². The summed E-state index contributed by atoms with van der Waals surface area (Å²) >= 11 is 3.11. The fraction of sp³-hybridized carbons (Fsp3) is 0.188. The van der Waals surface area contributed by atoms with Crippen molar-refractivity contribution in [3.63, 3.8) is 0 Å². The van der Waals surface area contributed by atoms with E-state index in [2.05, 4.69) is 27.5 Å². The van der Waals surface area contributed by atoms with Gasteiger partial charge in [-0.05, 0) is 19.4 Å². The van der Waals surface area contributed by atoms with E-state index in [1.54, 1.807) is 24.6 Å². The molecule has 0 fully saturated rings. The number of fused-ring (bicyclic) bond motifs is 1. The maximum absolute atomic E-state index is 11.5. The van der Waals surface area contributed by atoms with Crippen LogP contribution in [-0.2, 0) is 4.79 Å². The summed E-state index contributed by atoms with van der Waals surface area (Å²) in [5, 5.41) is 3.93. The Hall–Kier alpha value is -1.72. The van der Waals surface area contributed by atoms with Gasteiger partial charge in [-0.1, -0.05) is 42.1 Å². The second-order valence-electron chi connectivity index (χ2n) is 4.75. The number of carbonyl (C=O) groups is 1. The zero-order chi connectivity index (χ0) is 14.8. The fourth-order valence-corrected chi connectivity index (χ4v) is 3.93. The van der Waals surface area contributed by atoms with Crippen LogP contribution in [0.15, 0.2) is 47.1 Å². The van der Waals surface area contributed by atoms with Gasteiger partial charge in [0.2, 0.25) is 0 Å². The SMILES string of the molecule is CC(=O)[C@H](C)Sc1ncnc2scc(-c3ccccc3)c12. The van der Waals surface area contributed by atoms with Crippen LogP contribution in [0.25, 0.3) is 21.3 Å². The first-order chi connectivity index (χ1) is 10.2. The summed E-state index contributed by atoms with van der Waals surface area (Å²) in [6.07, 6.45) is 1.57. The minimum absolute atomic E-state index is 0.105. The Bertz CT molecular complexity index is 783. The van der Waals surface area contributed by atoms with Crippen molar-refractivity contribution in [1.82, 2.24) is 9.97 Å². The van der Waals surface area contributed by atoms with Crippen LogP contribution < -0.4 is 0 Å². The number of benzene rings is 1. The van der Waals surface area contributed by atoms with E-state index >= 15 is 0 Å². The van der Waals surface area contributed by atoms with Gasteiger partial charge in [0.05, 0.1) is 10.6 Å². The average molecular weight is 314 g/mol. The molecule has 0 aliphatic carbocycles. The molecule has 21 heavy (non-hydrogen) atoms. The van der Waals surface area contributed by atoms with Crippen molar-refractivity contribution < 1.29 is 4.79 Å². The molecular formula is C16H14N2OS2. The maximum atomic E-state index is 11.5. The highest BCUT2D eigenvalue weighted by Gasteiger charge is 2.17. The minimum Gasteiger partial charge on any atom is -0.299 e. The van der Waals surface area contributed by atoms with E-state index in [-0.39, 0.29) is 11.0 Å². The maximum Gasteiger partial charge on any atom is 0.142 e. The number of ketones is 1. The molecule has 3 rings (SSSR count). The van der Waals surface area contributed by atoms with Gasteiger partial charge in [0.15, 0.2) is 0 Å². The number of hydrogen-bond donors (Lipinski definition) is 0. The summed E-state index contributed by atoms with van der Waals surface area (Å²) in [4.78, 5) is 21.2. The van der Waals surface area contributed by atoms with Crippen molar-refractivity contribution in [1.29, 1.82) is 0 Å². The van der Waals surface area contributed by atoms with Crippen molar-refractivity contribution >= 4 is 39.1 Å². The largest absolute Gasteiger partial charge is 0.299 e. The molecule has 3 nitrogen and oxygen atoms in total. The van der Waals surface area contributed by atoms with E-state index in [0.717, 1.165) is 26.4 Å². The summed E-state index contributed by atoms with van der Waals surface area (Å²) < 4.78 is 0. The van der Waals surface area contributed by atoms with Crippen LogP contribution in [-0.4, -0.2) is 21.0 Å². The highest BCUT2D eigenvalue weighted by atomic mass is 32.2. The third-order valence-corrected chi connectivity index (χ3v) is 5.39. The Kier molecular flexibility index (Phi) is 4.03. The van der Waals surface area contributed by atoms with E-state index in [1.165, 1.54) is 11.8 Å². The molecule has 0 bridgehead atoms. The van der Waals surface area contributed by atoms with Gasteiger partial charge in [0.1, 0.15) is 22.0 Å². The Morgan fingerprint density at radius 3 is 2.71 bits per heavy atom. The van der Waals surface area contributed by atoms with E-state index in [9.17, 15) is 4.79 Å². The number of thiophene rings is 1. The smallest absolute Gasteiger partial charge is 0.142 e. The molecular weight excluding hydrogens is 300 g/mol. The van der Waals surface area contributed by atoms with Crippen molar-refractivity contribution in [2.75, 3.05) is 0 Å². The Labute approximate surface area is 131 Å². The summed E-state index contributed by atoms with van der Waals surface area (Å²) in [7, 11) is 0. The van der Waals surface area contributed by atoms with Gasteiger partial charge in [0, 0.05) is 10.9 Å². The van der Waals surface area contributed by atoms with Gasteiger partial charge in [-0.25, -0.2) is 9.97 Å². The number of rotatable bonds is 4. The Morgan fingerprint density at radius 1 is 1.24 bits per heavy atom. The summed E-state index contributed by atoms with van der Waals surface area (Å²) in [5.74, 6) is 0.156. The average Bonchev–Trinajstić information content (AvgIpc) is 2.93. The summed E-state index contributed by atoms with van der Waals surface area (Å²) in [6, 6.07) is 10.2. The van der Waals surface area contributed by atoms with E-state index in [0.29, 0.717) is 0 Å². The van der Waals surface area contributed by atoms with Gasteiger partial charge in [-0.3, -0.25) is 4.79 Å². The number of hydrogen-bond acceptors (Lipinski definition) is 5. The first-order valence-corrected chi connectivity index (χ1v) is 8.37. The molecule has 0 saturated carbocycles. The number of carbonyl (C=O) groups excluding carboxylic acids is 1. The van der Waals surface area contributed by atoms with E-state index < -0.39 is 0 Å². The zero-order valence-electron chi connectivity index (χ0n) is 11.7. The highest BCUT2D eigenvalue weighted by Crippen LogP contribution is 2.38. The second kappa shape index (κ2) is 5.95. The van der Waals surface area contributed by atoms with Gasteiger partial charge in [-0.2, -0.15) is 0 Å². The fourth-order valence-electron chi connectivity index (χ4n) is 2.02. The number of Topliss-reactive ketones (excluding diaryl/α,β-unsaturated/α-hetero) is 1. The van der Waals surface area contributed by atoms with Crippen molar-refractivity contribution in [2.24, 2.45) is 0 Å². The van der Waals surface area contributed by atoms with Gasteiger partial charge in [-0.15, -0.1) is 11.3 Å². The van der Waals surface area contributed by atoms with Gasteiger partial charge >= 0.3 is 0 Å². The topological polar surface area (TPSA) is 42.9 Å². The molecule has 3 aromatic rings. The van der Waals surface area contributed by atoms with E-state index in [1.807, 2.05) is 25.1 Å². The molecule has 0 unspecified atom stereocenters. The molecule has 2 aromatic heterocycles. The van der Waals surface area contributed by atoms with Crippen LogP contribution in [0.4, 0.5) is 0 Å². The molecule has 0 N–H and O–H groups in total. The van der Waals surface area contributed by atoms with Crippen LogP contribution in [0.5, 0.6) is 0 Å². The predicted molar refractivity (Wildman–Crippen MR) is 88.9 cm³/mol. The van der Waals surface area contributed by atoms with Crippen LogP contribution in [0.2, 0.25) is 0 Å². The lowest BCUT2D eigenvalue weighted by atomic mass is 10.1. The van der Waals surface area contributed by atoms with Crippen LogP contribution in [0.1, 0.15) is 13.8 Å². The van der Waals surface area contributed by atoms with Gasteiger partial charge in [0.25, 0.3) is 0 Å². The molecule has 1 atom stereocenters. The van der Waals surface area contributed by atoms with Crippen molar-refractivity contribution in [2.45, 2.75) is 24.1 Å². The molecule has 0 aliphatic rings. The normalized spacial score (nSPS) is 12.5. The van der Waals surface area contributed by atoms with Crippen molar-refractivity contribution in [3.8, 4) is 11.1 Å². The molecule has 0 radical (unpaired) electrons. The summed E-state index contributed by atoms with van der Waals surface area (Å²) in [5.41, 5.74) is 2.28. The summed E-state index contributed by atoms with van der Waals surface area (Å²) in [6.45, 7) is 3.53. The highest BCUT2D eigenvalue weighted by molar-refractivity contribution is 8.00. The third-order valence-electron chi connectivity index (χ3n) is 3.28. The lowest BCUT2D eigenvalue weighted by molar-refractivity contribution is -0.116. The van der Waals surface area contributed by atoms with Crippen LogP contribution >= 0.6 is 23.1 Å². The van der Waals surface area contributed by atoms with Crippen molar-refractivity contribution in [3.05, 3.63) is 42.0 Å². The second-order valence-corrected chi connectivity index (χ2v) is 6.93. The number of aromatic nitrogens is 2. The molecule has 1 aromatic carbocycles. The zero-order valence-corrected chi connectivity index (χ0v) is 13.4. The first-order valence-electron chi connectivity index (χ1n) is 6.61. The molecule has 0 spiro atoms.